The normalized spacial score (nSPS) is 11.9. The molecule has 15 heavy (non-hydrogen) atoms. The van der Waals surface area contributed by atoms with Gasteiger partial charge in [0.05, 0.1) is 4.87 Å². The predicted molar refractivity (Wildman–Crippen MR) is 64.5 cm³/mol. The molecule has 0 heterocycles. The molecule has 0 amide bonds. The molecule has 1 aromatic carbocycles. The van der Waals surface area contributed by atoms with Crippen molar-refractivity contribution >= 4 is 17.4 Å². The number of hydrogen-bond acceptors (Lipinski definition) is 1. The number of rotatable bonds is 3. The number of carbonyl (C=O) groups excluding carboxylic acids is 1. The standard InChI is InChI=1S/C13H17ClO/c1-9(2)12(15)10-5-7-11(8-6-10)13(3,4)14/h5-9H,1-4H3. The summed E-state index contributed by atoms with van der Waals surface area (Å²) in [4.78, 5) is 11.3. The summed E-state index contributed by atoms with van der Waals surface area (Å²) in [6, 6.07) is 7.54. The van der Waals surface area contributed by atoms with E-state index in [2.05, 4.69) is 0 Å². The highest BCUT2D eigenvalue weighted by Crippen LogP contribution is 2.27. The number of halogens is 1. The van der Waals surface area contributed by atoms with Crippen molar-refractivity contribution < 1.29 is 4.79 Å². The zero-order valence-electron chi connectivity index (χ0n) is 9.67. The second kappa shape index (κ2) is 4.36. The molecule has 0 spiro atoms. The highest BCUT2D eigenvalue weighted by Gasteiger charge is 2.17. The molecule has 0 bridgehead atoms. The van der Waals surface area contributed by atoms with E-state index in [0.717, 1.165) is 11.1 Å². The van der Waals surface area contributed by atoms with Crippen molar-refractivity contribution in [1.29, 1.82) is 0 Å². The van der Waals surface area contributed by atoms with Crippen LogP contribution in [0.1, 0.15) is 43.6 Å². The molecule has 82 valence electrons. The Bertz CT molecular complexity index is 344. The first-order valence-corrected chi connectivity index (χ1v) is 5.54. The van der Waals surface area contributed by atoms with E-state index in [1.807, 2.05) is 52.0 Å². The van der Waals surface area contributed by atoms with Crippen molar-refractivity contribution in [3.63, 3.8) is 0 Å². The van der Waals surface area contributed by atoms with Gasteiger partial charge in [-0.25, -0.2) is 0 Å². The topological polar surface area (TPSA) is 17.1 Å². The minimum Gasteiger partial charge on any atom is -0.294 e. The minimum atomic E-state index is -0.376. The average molecular weight is 225 g/mol. The van der Waals surface area contributed by atoms with Gasteiger partial charge in [0, 0.05) is 11.5 Å². The van der Waals surface area contributed by atoms with Crippen molar-refractivity contribution in [3.05, 3.63) is 35.4 Å². The Labute approximate surface area is 96.5 Å². The first-order valence-electron chi connectivity index (χ1n) is 5.16. The highest BCUT2D eigenvalue weighted by atomic mass is 35.5. The number of Topliss-reactive ketones (excluding diaryl/α,β-unsaturated/α-hetero) is 1. The van der Waals surface area contributed by atoms with E-state index in [9.17, 15) is 4.79 Å². The maximum atomic E-state index is 11.7. The van der Waals surface area contributed by atoms with E-state index in [-0.39, 0.29) is 16.6 Å². The summed E-state index contributed by atoms with van der Waals surface area (Å²) < 4.78 is 0. The van der Waals surface area contributed by atoms with Crippen LogP contribution in [0, 0.1) is 5.92 Å². The first kappa shape index (κ1) is 12.3. The summed E-state index contributed by atoms with van der Waals surface area (Å²) >= 11 is 6.17. The van der Waals surface area contributed by atoms with Gasteiger partial charge in [0.1, 0.15) is 0 Å². The quantitative estimate of drug-likeness (QED) is 0.560. The van der Waals surface area contributed by atoms with Crippen molar-refractivity contribution in [1.82, 2.24) is 0 Å². The Balaban J connectivity index is 2.96. The zero-order chi connectivity index (χ0) is 11.6. The van der Waals surface area contributed by atoms with Crippen molar-refractivity contribution in [2.75, 3.05) is 0 Å². The summed E-state index contributed by atoms with van der Waals surface area (Å²) in [7, 11) is 0. The molecular formula is C13H17ClO. The maximum Gasteiger partial charge on any atom is 0.165 e. The number of ketones is 1. The zero-order valence-corrected chi connectivity index (χ0v) is 10.4. The summed E-state index contributed by atoms with van der Waals surface area (Å²) in [6.45, 7) is 7.69. The summed E-state index contributed by atoms with van der Waals surface area (Å²) in [6.07, 6.45) is 0. The highest BCUT2D eigenvalue weighted by molar-refractivity contribution is 6.23. The molecule has 1 nitrogen and oxygen atoms in total. The summed E-state index contributed by atoms with van der Waals surface area (Å²) in [5.74, 6) is 0.216. The van der Waals surface area contributed by atoms with E-state index in [1.165, 1.54) is 0 Å². The summed E-state index contributed by atoms with van der Waals surface area (Å²) in [5, 5.41) is 0. The smallest absolute Gasteiger partial charge is 0.165 e. The van der Waals surface area contributed by atoms with E-state index in [1.54, 1.807) is 0 Å². The SMILES string of the molecule is CC(C)C(=O)c1ccc(C(C)(C)Cl)cc1. The van der Waals surface area contributed by atoms with E-state index >= 15 is 0 Å². The molecule has 0 fully saturated rings. The lowest BCUT2D eigenvalue weighted by molar-refractivity contribution is 0.0939. The van der Waals surface area contributed by atoms with Crippen molar-refractivity contribution in [2.45, 2.75) is 32.6 Å². The van der Waals surface area contributed by atoms with Crippen LogP contribution in [0.15, 0.2) is 24.3 Å². The lowest BCUT2D eigenvalue weighted by atomic mass is 9.96. The summed E-state index contributed by atoms with van der Waals surface area (Å²) in [5.41, 5.74) is 1.79. The molecule has 0 aliphatic heterocycles. The fourth-order valence-corrected chi connectivity index (χ4v) is 1.49. The molecule has 1 aromatic rings. The molecule has 2 heteroatoms. The fraction of sp³-hybridized carbons (Fsp3) is 0.462. The third-order valence-corrected chi connectivity index (χ3v) is 2.60. The molecule has 0 saturated carbocycles. The van der Waals surface area contributed by atoms with Crippen LogP contribution in [0.5, 0.6) is 0 Å². The maximum absolute atomic E-state index is 11.7. The van der Waals surface area contributed by atoms with Crippen LogP contribution in [0.2, 0.25) is 0 Å². The Morgan fingerprint density at radius 2 is 1.67 bits per heavy atom. The Morgan fingerprint density at radius 1 is 1.20 bits per heavy atom. The van der Waals surface area contributed by atoms with Crippen LogP contribution >= 0.6 is 11.6 Å². The first-order chi connectivity index (χ1) is 6.82. The lowest BCUT2D eigenvalue weighted by Gasteiger charge is -2.16. The third-order valence-electron chi connectivity index (χ3n) is 2.38. The Kier molecular flexibility index (Phi) is 3.56. The van der Waals surface area contributed by atoms with E-state index in [4.69, 9.17) is 11.6 Å². The van der Waals surface area contributed by atoms with Crippen LogP contribution in [0.3, 0.4) is 0 Å². The van der Waals surface area contributed by atoms with Crippen LogP contribution in [-0.4, -0.2) is 5.78 Å². The molecule has 0 aromatic heterocycles. The van der Waals surface area contributed by atoms with Gasteiger partial charge in [-0.3, -0.25) is 4.79 Å². The van der Waals surface area contributed by atoms with Gasteiger partial charge in [-0.15, -0.1) is 11.6 Å². The molecular weight excluding hydrogens is 208 g/mol. The average Bonchev–Trinajstić information content (AvgIpc) is 2.15. The second-order valence-electron chi connectivity index (χ2n) is 4.57. The van der Waals surface area contributed by atoms with Gasteiger partial charge in [0.2, 0.25) is 0 Å². The fourth-order valence-electron chi connectivity index (χ4n) is 1.36. The number of hydrogen-bond donors (Lipinski definition) is 0. The Morgan fingerprint density at radius 3 is 2.00 bits per heavy atom. The van der Waals surface area contributed by atoms with Gasteiger partial charge in [0.15, 0.2) is 5.78 Å². The van der Waals surface area contributed by atoms with Crippen molar-refractivity contribution in [3.8, 4) is 0 Å². The largest absolute Gasteiger partial charge is 0.294 e. The van der Waals surface area contributed by atoms with Crippen LogP contribution in [-0.2, 0) is 4.87 Å². The monoisotopic (exact) mass is 224 g/mol. The number of benzene rings is 1. The number of carbonyl (C=O) groups is 1. The van der Waals surface area contributed by atoms with Gasteiger partial charge in [-0.2, -0.15) is 0 Å². The van der Waals surface area contributed by atoms with Crippen LogP contribution < -0.4 is 0 Å². The molecule has 0 unspecified atom stereocenters. The van der Waals surface area contributed by atoms with Gasteiger partial charge < -0.3 is 0 Å². The van der Waals surface area contributed by atoms with Gasteiger partial charge in [0.25, 0.3) is 0 Å². The predicted octanol–water partition coefficient (Wildman–Crippen LogP) is 4.00. The minimum absolute atomic E-state index is 0.0415. The third kappa shape index (κ3) is 3.07. The van der Waals surface area contributed by atoms with E-state index < -0.39 is 0 Å². The molecule has 1 rings (SSSR count). The van der Waals surface area contributed by atoms with Crippen LogP contribution in [0.4, 0.5) is 0 Å². The molecule has 0 atom stereocenters. The molecule has 0 saturated heterocycles. The molecule has 0 N–H and O–H groups in total. The van der Waals surface area contributed by atoms with Crippen LogP contribution in [0.25, 0.3) is 0 Å². The molecule has 0 aliphatic rings. The molecule has 0 aliphatic carbocycles. The van der Waals surface area contributed by atoms with Gasteiger partial charge in [-0.1, -0.05) is 38.1 Å². The van der Waals surface area contributed by atoms with Gasteiger partial charge >= 0.3 is 0 Å². The Hall–Kier alpha value is -0.820. The second-order valence-corrected chi connectivity index (χ2v) is 5.51. The lowest BCUT2D eigenvalue weighted by Crippen LogP contribution is -2.10. The van der Waals surface area contributed by atoms with Gasteiger partial charge in [-0.05, 0) is 19.4 Å². The molecule has 0 radical (unpaired) electrons. The van der Waals surface area contributed by atoms with E-state index in [0.29, 0.717) is 0 Å². The van der Waals surface area contributed by atoms with Crippen molar-refractivity contribution in [2.24, 2.45) is 5.92 Å². The number of alkyl halides is 1.